The molecule has 0 fully saturated rings. The van der Waals surface area contributed by atoms with Gasteiger partial charge in [0.05, 0.1) is 11.4 Å². The number of nitrogens with zero attached hydrogens (tertiary/aromatic N) is 2. The van der Waals surface area contributed by atoms with Crippen molar-refractivity contribution in [1.82, 2.24) is 9.97 Å². The summed E-state index contributed by atoms with van der Waals surface area (Å²) >= 11 is 0. The third-order valence-corrected chi connectivity index (χ3v) is 4.29. The van der Waals surface area contributed by atoms with Gasteiger partial charge >= 0.3 is 0 Å². The van der Waals surface area contributed by atoms with Gasteiger partial charge in [-0.2, -0.15) is 0 Å². The monoisotopic (exact) mass is 352 g/mol. The summed E-state index contributed by atoms with van der Waals surface area (Å²) in [5, 5.41) is 0. The molecule has 0 aliphatic carbocycles. The quantitative estimate of drug-likeness (QED) is 0.437. The number of rotatable bonds is 4. The van der Waals surface area contributed by atoms with Crippen molar-refractivity contribution >= 4 is 0 Å². The van der Waals surface area contributed by atoms with Gasteiger partial charge in [0.15, 0.2) is 0 Å². The maximum absolute atomic E-state index is 6.16. The molecule has 2 aromatic heterocycles. The van der Waals surface area contributed by atoms with Crippen molar-refractivity contribution in [3.63, 3.8) is 0 Å². The summed E-state index contributed by atoms with van der Waals surface area (Å²) in [5.74, 6) is 1.58. The molecular weight excluding hydrogens is 332 g/mol. The molecule has 0 saturated heterocycles. The highest BCUT2D eigenvalue weighted by atomic mass is 16.5. The van der Waals surface area contributed by atoms with E-state index < -0.39 is 0 Å². The molecule has 4 aromatic rings. The van der Waals surface area contributed by atoms with E-state index in [1.54, 1.807) is 6.20 Å². The second-order valence-electron chi connectivity index (χ2n) is 6.60. The third-order valence-electron chi connectivity index (χ3n) is 4.29. The van der Waals surface area contributed by atoms with E-state index in [1.807, 2.05) is 66.9 Å². The molecule has 2 aromatic carbocycles. The predicted octanol–water partition coefficient (Wildman–Crippen LogP) is 6.22. The molecule has 0 atom stereocenters. The average molecular weight is 352 g/mol. The normalized spacial score (nSPS) is 10.6. The van der Waals surface area contributed by atoms with E-state index >= 15 is 0 Å². The van der Waals surface area contributed by atoms with Crippen LogP contribution < -0.4 is 4.74 Å². The Bertz CT molecular complexity index is 1070. The van der Waals surface area contributed by atoms with Gasteiger partial charge in [-0.1, -0.05) is 18.2 Å². The number of pyridine rings is 2. The van der Waals surface area contributed by atoms with Gasteiger partial charge in [0.1, 0.15) is 11.5 Å². The molecule has 0 amide bonds. The van der Waals surface area contributed by atoms with Crippen LogP contribution in [0.2, 0.25) is 0 Å². The van der Waals surface area contributed by atoms with Crippen LogP contribution in [-0.2, 0) is 0 Å². The van der Waals surface area contributed by atoms with Crippen LogP contribution >= 0.6 is 0 Å². The lowest BCUT2D eigenvalue weighted by molar-refractivity contribution is 0.482. The molecule has 0 aliphatic rings. The Hall–Kier alpha value is -3.46. The molecule has 0 aliphatic heterocycles. The summed E-state index contributed by atoms with van der Waals surface area (Å²) in [5.41, 5.74) is 6.28. The van der Waals surface area contributed by atoms with Crippen molar-refractivity contribution in [3.05, 3.63) is 96.3 Å². The fourth-order valence-corrected chi connectivity index (χ4v) is 3.04. The molecule has 3 heteroatoms. The molecular formula is C24H20N2O. The van der Waals surface area contributed by atoms with Crippen LogP contribution in [0.25, 0.3) is 22.5 Å². The lowest BCUT2D eigenvalue weighted by Gasteiger charge is -2.11. The van der Waals surface area contributed by atoms with Crippen molar-refractivity contribution in [1.29, 1.82) is 0 Å². The second-order valence-corrected chi connectivity index (χ2v) is 6.60. The molecule has 132 valence electrons. The molecule has 3 nitrogen and oxygen atoms in total. The van der Waals surface area contributed by atoms with Gasteiger partial charge in [0.2, 0.25) is 0 Å². The van der Waals surface area contributed by atoms with E-state index in [2.05, 4.69) is 35.9 Å². The van der Waals surface area contributed by atoms with E-state index in [9.17, 15) is 0 Å². The number of aryl methyl sites for hydroxylation is 2. The largest absolute Gasteiger partial charge is 0.457 e. The minimum Gasteiger partial charge on any atom is -0.457 e. The second kappa shape index (κ2) is 7.42. The molecule has 0 N–H and O–H groups in total. The highest BCUT2D eigenvalue weighted by Gasteiger charge is 2.06. The van der Waals surface area contributed by atoms with E-state index in [4.69, 9.17) is 4.74 Å². The van der Waals surface area contributed by atoms with Crippen LogP contribution in [0, 0.1) is 13.8 Å². The van der Waals surface area contributed by atoms with Crippen molar-refractivity contribution in [2.24, 2.45) is 0 Å². The van der Waals surface area contributed by atoms with Crippen LogP contribution in [0.4, 0.5) is 0 Å². The number of ether oxygens (including phenoxy) is 1. The van der Waals surface area contributed by atoms with Gasteiger partial charge in [-0.3, -0.25) is 9.97 Å². The Balaban J connectivity index is 1.65. The average Bonchev–Trinajstić information content (AvgIpc) is 2.68. The fourth-order valence-electron chi connectivity index (χ4n) is 3.04. The van der Waals surface area contributed by atoms with Crippen LogP contribution in [0.15, 0.2) is 85.2 Å². The first-order valence-corrected chi connectivity index (χ1v) is 8.91. The van der Waals surface area contributed by atoms with Gasteiger partial charge < -0.3 is 4.74 Å². The van der Waals surface area contributed by atoms with Crippen LogP contribution in [-0.4, -0.2) is 9.97 Å². The zero-order chi connectivity index (χ0) is 18.6. The van der Waals surface area contributed by atoms with E-state index in [0.29, 0.717) is 0 Å². The van der Waals surface area contributed by atoms with Gasteiger partial charge in [-0.25, -0.2) is 0 Å². The first-order valence-electron chi connectivity index (χ1n) is 8.91. The van der Waals surface area contributed by atoms with Gasteiger partial charge in [0.25, 0.3) is 0 Å². The smallest absolute Gasteiger partial charge is 0.128 e. The maximum Gasteiger partial charge on any atom is 0.128 e. The Morgan fingerprint density at radius 2 is 1.44 bits per heavy atom. The molecule has 0 saturated carbocycles. The van der Waals surface area contributed by atoms with Crippen LogP contribution in [0.5, 0.6) is 11.5 Å². The topological polar surface area (TPSA) is 35.0 Å². The molecule has 0 radical (unpaired) electrons. The number of benzene rings is 2. The number of hydrogen-bond donors (Lipinski definition) is 0. The van der Waals surface area contributed by atoms with Crippen molar-refractivity contribution < 1.29 is 4.74 Å². The zero-order valence-corrected chi connectivity index (χ0v) is 15.4. The van der Waals surface area contributed by atoms with Gasteiger partial charge in [-0.05, 0) is 79.6 Å². The molecule has 27 heavy (non-hydrogen) atoms. The van der Waals surface area contributed by atoms with Gasteiger partial charge in [-0.15, -0.1) is 0 Å². The van der Waals surface area contributed by atoms with E-state index in [-0.39, 0.29) is 0 Å². The first-order chi connectivity index (χ1) is 13.2. The minimum atomic E-state index is 0.784. The number of hydrogen-bond acceptors (Lipinski definition) is 3. The summed E-state index contributed by atoms with van der Waals surface area (Å²) in [4.78, 5) is 8.90. The zero-order valence-electron chi connectivity index (χ0n) is 15.4. The van der Waals surface area contributed by atoms with Crippen LogP contribution in [0.3, 0.4) is 0 Å². The Morgan fingerprint density at radius 1 is 0.593 bits per heavy atom. The maximum atomic E-state index is 6.16. The lowest BCUT2D eigenvalue weighted by Crippen LogP contribution is -1.90. The summed E-state index contributed by atoms with van der Waals surface area (Å²) in [7, 11) is 0. The summed E-state index contributed by atoms with van der Waals surface area (Å²) < 4.78 is 6.16. The van der Waals surface area contributed by atoms with E-state index in [1.165, 1.54) is 5.56 Å². The predicted molar refractivity (Wildman–Crippen MR) is 109 cm³/mol. The highest BCUT2D eigenvalue weighted by Crippen LogP contribution is 2.30. The first kappa shape index (κ1) is 17.0. The highest BCUT2D eigenvalue weighted by molar-refractivity contribution is 5.64. The molecule has 0 bridgehead atoms. The lowest BCUT2D eigenvalue weighted by atomic mass is 10.1. The van der Waals surface area contributed by atoms with Crippen molar-refractivity contribution in [2.75, 3.05) is 0 Å². The fraction of sp³-hybridized carbons (Fsp3) is 0.0833. The molecule has 4 rings (SSSR count). The Labute approximate surface area is 159 Å². The molecule has 0 spiro atoms. The summed E-state index contributed by atoms with van der Waals surface area (Å²) in [6.45, 7) is 4.14. The standard InChI is InChI=1S/C24H20N2O/c1-17-9-11-26-24(14-17)20-12-18(2)13-22(16-20)27-21-7-5-6-19(15-21)23-8-3-4-10-25-23/h3-16H,1-2H3. The minimum absolute atomic E-state index is 0.784. The van der Waals surface area contributed by atoms with Crippen LogP contribution in [0.1, 0.15) is 11.1 Å². The summed E-state index contributed by atoms with van der Waals surface area (Å²) in [6, 6.07) is 24.1. The summed E-state index contributed by atoms with van der Waals surface area (Å²) in [6.07, 6.45) is 3.63. The molecule has 2 heterocycles. The SMILES string of the molecule is Cc1cc(Oc2cccc(-c3ccccn3)c2)cc(-c2cc(C)ccn2)c1. The Morgan fingerprint density at radius 3 is 2.26 bits per heavy atom. The Kier molecular flexibility index (Phi) is 4.67. The third kappa shape index (κ3) is 4.04. The van der Waals surface area contributed by atoms with Crippen molar-refractivity contribution in [2.45, 2.75) is 13.8 Å². The van der Waals surface area contributed by atoms with Crippen molar-refractivity contribution in [3.8, 4) is 34.0 Å². The number of aromatic nitrogens is 2. The van der Waals surface area contributed by atoms with Gasteiger partial charge in [0, 0.05) is 23.5 Å². The van der Waals surface area contributed by atoms with E-state index in [0.717, 1.165) is 39.6 Å². The molecule has 0 unspecified atom stereocenters.